The van der Waals surface area contributed by atoms with E-state index in [1.54, 1.807) is 12.3 Å². The van der Waals surface area contributed by atoms with E-state index in [0.717, 1.165) is 35.8 Å². The fourth-order valence-electron chi connectivity index (χ4n) is 4.53. The maximum atomic E-state index is 13.0. The minimum absolute atomic E-state index is 0.102. The second-order valence-corrected chi connectivity index (χ2v) is 10.3. The van der Waals surface area contributed by atoms with E-state index in [-0.39, 0.29) is 17.2 Å². The van der Waals surface area contributed by atoms with Crippen LogP contribution < -0.4 is 10.1 Å². The molecule has 9 heteroatoms. The molecule has 0 unspecified atom stereocenters. The molecule has 0 spiro atoms. The van der Waals surface area contributed by atoms with Crippen molar-refractivity contribution >= 4 is 32.6 Å². The van der Waals surface area contributed by atoms with Gasteiger partial charge in [-0.05, 0) is 60.7 Å². The third kappa shape index (κ3) is 4.23. The maximum absolute atomic E-state index is 13.0. The van der Waals surface area contributed by atoms with Crippen molar-refractivity contribution in [3.8, 4) is 5.75 Å². The average molecular weight is 471 g/mol. The van der Waals surface area contributed by atoms with E-state index in [1.807, 2.05) is 0 Å². The van der Waals surface area contributed by atoms with Crippen LogP contribution in [0.25, 0.3) is 11.0 Å². The fourth-order valence-corrected chi connectivity index (χ4v) is 5.97. The van der Waals surface area contributed by atoms with Gasteiger partial charge in [0, 0.05) is 24.0 Å². The lowest BCUT2D eigenvalue weighted by atomic mass is 10.0. The molecule has 174 valence electrons. The van der Waals surface area contributed by atoms with Gasteiger partial charge >= 0.3 is 0 Å². The van der Waals surface area contributed by atoms with Crippen molar-refractivity contribution in [1.82, 2.24) is 4.31 Å². The zero-order valence-electron chi connectivity index (χ0n) is 18.4. The third-order valence-corrected chi connectivity index (χ3v) is 8.17. The molecule has 2 aliphatic rings. The van der Waals surface area contributed by atoms with E-state index in [9.17, 15) is 13.2 Å². The molecule has 0 saturated carbocycles. The first kappa shape index (κ1) is 21.9. The van der Waals surface area contributed by atoms with Crippen molar-refractivity contribution in [3.05, 3.63) is 53.3 Å². The Morgan fingerprint density at radius 3 is 2.64 bits per heavy atom. The first-order valence-electron chi connectivity index (χ1n) is 11.0. The number of aryl methyl sites for hydroxylation is 2. The number of fused-ring (bicyclic) bond motifs is 2. The summed E-state index contributed by atoms with van der Waals surface area (Å²) in [4.78, 5) is 13.0. The molecule has 1 aliphatic heterocycles. The lowest BCUT2D eigenvalue weighted by Crippen LogP contribution is -2.40. The van der Waals surface area contributed by atoms with Gasteiger partial charge < -0.3 is 19.2 Å². The summed E-state index contributed by atoms with van der Waals surface area (Å²) in [6.45, 7) is 1.32. The largest absolute Gasteiger partial charge is 0.495 e. The summed E-state index contributed by atoms with van der Waals surface area (Å²) in [5.41, 5.74) is 4.53. The van der Waals surface area contributed by atoms with Crippen LogP contribution in [-0.4, -0.2) is 52.0 Å². The normalized spacial score (nSPS) is 16.6. The van der Waals surface area contributed by atoms with E-state index in [0.29, 0.717) is 37.7 Å². The smallest absolute Gasteiger partial charge is 0.243 e. The monoisotopic (exact) mass is 470 g/mol. The summed E-state index contributed by atoms with van der Waals surface area (Å²) in [7, 11) is -2.22. The number of anilines is 1. The Bertz CT molecular complexity index is 1310. The van der Waals surface area contributed by atoms with E-state index >= 15 is 0 Å². The highest BCUT2D eigenvalue weighted by molar-refractivity contribution is 7.89. The molecular formula is C24H26N2O6S. The molecule has 1 saturated heterocycles. The molecule has 1 N–H and O–H groups in total. The van der Waals surface area contributed by atoms with Crippen molar-refractivity contribution in [3.63, 3.8) is 0 Å². The van der Waals surface area contributed by atoms with Crippen molar-refractivity contribution < 1.29 is 27.1 Å². The Morgan fingerprint density at radius 1 is 1.12 bits per heavy atom. The van der Waals surface area contributed by atoms with Gasteiger partial charge in [-0.1, -0.05) is 0 Å². The minimum Gasteiger partial charge on any atom is -0.495 e. The molecule has 0 atom stereocenters. The van der Waals surface area contributed by atoms with Gasteiger partial charge in [0.1, 0.15) is 11.3 Å². The SMILES string of the molecule is COc1ccc(S(=O)(=O)N2CCOCC2)cc1NC(=O)Cc1coc2cc3c(cc12)CCC3. The predicted octanol–water partition coefficient (Wildman–Crippen LogP) is 3.13. The van der Waals surface area contributed by atoms with Crippen LogP contribution >= 0.6 is 0 Å². The zero-order chi connectivity index (χ0) is 23.0. The van der Waals surface area contributed by atoms with Crippen molar-refractivity contribution in [2.45, 2.75) is 30.6 Å². The van der Waals surface area contributed by atoms with Crippen molar-refractivity contribution in [1.29, 1.82) is 0 Å². The molecule has 0 bridgehead atoms. The number of amides is 1. The number of hydrogen-bond acceptors (Lipinski definition) is 6. The molecule has 8 nitrogen and oxygen atoms in total. The summed E-state index contributed by atoms with van der Waals surface area (Å²) in [5.74, 6) is 0.108. The number of furan rings is 1. The highest BCUT2D eigenvalue weighted by Crippen LogP contribution is 2.32. The standard InChI is InChI=1S/C24H26N2O6S/c1-30-22-6-5-19(33(28,29)26-7-9-31-10-8-26)14-21(22)25-24(27)13-18-15-32-23-12-17-4-2-3-16(17)11-20(18)23/h5-6,11-12,14-15H,2-4,7-10,13H2,1H3,(H,25,27). The molecule has 0 radical (unpaired) electrons. The third-order valence-electron chi connectivity index (χ3n) is 6.27. The topological polar surface area (TPSA) is 98.1 Å². The number of nitrogens with zero attached hydrogens (tertiary/aromatic N) is 1. The number of sulfonamides is 1. The number of rotatable bonds is 6. The van der Waals surface area contributed by atoms with E-state index in [1.165, 1.54) is 34.7 Å². The van der Waals surface area contributed by atoms with Gasteiger partial charge in [-0.15, -0.1) is 0 Å². The van der Waals surface area contributed by atoms with Crippen LogP contribution in [0.2, 0.25) is 0 Å². The van der Waals surface area contributed by atoms with E-state index in [4.69, 9.17) is 13.9 Å². The first-order chi connectivity index (χ1) is 16.0. The van der Waals surface area contributed by atoms with Gasteiger partial charge in [-0.2, -0.15) is 4.31 Å². The van der Waals surface area contributed by atoms with Gasteiger partial charge in [0.2, 0.25) is 15.9 Å². The van der Waals surface area contributed by atoms with Crippen LogP contribution in [0, 0.1) is 0 Å². The van der Waals surface area contributed by atoms with Crippen molar-refractivity contribution in [2.24, 2.45) is 0 Å². The van der Waals surface area contributed by atoms with Gasteiger partial charge in [-0.3, -0.25) is 4.79 Å². The maximum Gasteiger partial charge on any atom is 0.243 e. The summed E-state index contributed by atoms with van der Waals surface area (Å²) in [6, 6.07) is 8.69. The Kier molecular flexibility index (Phi) is 5.86. The number of benzene rings is 2. The number of ether oxygens (including phenoxy) is 2. The Balaban J connectivity index is 1.38. The van der Waals surface area contributed by atoms with Gasteiger partial charge in [0.25, 0.3) is 0 Å². The fraction of sp³-hybridized carbons (Fsp3) is 0.375. The number of carbonyl (C=O) groups excluding carboxylic acids is 1. The lowest BCUT2D eigenvalue weighted by molar-refractivity contribution is -0.115. The number of carbonyl (C=O) groups is 1. The zero-order valence-corrected chi connectivity index (χ0v) is 19.2. The van der Waals surface area contributed by atoms with Crippen LogP contribution in [0.1, 0.15) is 23.1 Å². The van der Waals surface area contributed by atoms with Gasteiger partial charge in [0.05, 0.1) is 43.6 Å². The van der Waals surface area contributed by atoms with E-state index < -0.39 is 10.0 Å². The summed E-state index contributed by atoms with van der Waals surface area (Å²) in [5, 5.41) is 3.76. The molecule has 33 heavy (non-hydrogen) atoms. The lowest BCUT2D eigenvalue weighted by Gasteiger charge is -2.26. The second kappa shape index (κ2) is 8.81. The van der Waals surface area contributed by atoms with Crippen LogP contribution in [0.15, 0.2) is 45.9 Å². The highest BCUT2D eigenvalue weighted by Gasteiger charge is 2.27. The molecule has 1 amide bonds. The summed E-state index contributed by atoms with van der Waals surface area (Å²) >= 11 is 0. The summed E-state index contributed by atoms with van der Waals surface area (Å²) in [6.07, 6.45) is 4.97. The molecule has 1 aliphatic carbocycles. The highest BCUT2D eigenvalue weighted by atomic mass is 32.2. The Labute approximate surface area is 192 Å². The van der Waals surface area contributed by atoms with E-state index in [2.05, 4.69) is 17.4 Å². The predicted molar refractivity (Wildman–Crippen MR) is 123 cm³/mol. The van der Waals surface area contributed by atoms with Crippen LogP contribution in [0.4, 0.5) is 5.69 Å². The number of hydrogen-bond donors (Lipinski definition) is 1. The van der Waals surface area contributed by atoms with Crippen LogP contribution in [0.5, 0.6) is 5.75 Å². The number of nitrogens with one attached hydrogen (secondary N) is 1. The van der Waals surface area contributed by atoms with Gasteiger partial charge in [-0.25, -0.2) is 8.42 Å². The quantitative estimate of drug-likeness (QED) is 0.594. The molecule has 5 rings (SSSR count). The molecule has 3 aromatic rings. The van der Waals surface area contributed by atoms with Crippen LogP contribution in [0.3, 0.4) is 0 Å². The summed E-state index contributed by atoms with van der Waals surface area (Å²) < 4.78 is 43.8. The van der Waals surface area contributed by atoms with Crippen molar-refractivity contribution in [2.75, 3.05) is 38.7 Å². The molecule has 2 aromatic carbocycles. The molecule has 1 fully saturated rings. The van der Waals surface area contributed by atoms with Crippen LogP contribution in [-0.2, 0) is 38.8 Å². The van der Waals surface area contributed by atoms with Gasteiger partial charge in [0.15, 0.2) is 0 Å². The first-order valence-corrected chi connectivity index (χ1v) is 12.5. The molecular weight excluding hydrogens is 444 g/mol. The number of morpholine rings is 1. The average Bonchev–Trinajstić information content (AvgIpc) is 3.44. The molecule has 2 heterocycles. The number of methoxy groups -OCH3 is 1. The Hall–Kier alpha value is -2.88. The molecule has 1 aromatic heterocycles. The Morgan fingerprint density at radius 2 is 1.88 bits per heavy atom. The minimum atomic E-state index is -3.70. The second-order valence-electron chi connectivity index (χ2n) is 8.34.